The summed E-state index contributed by atoms with van der Waals surface area (Å²) in [5, 5.41) is 10.6. The zero-order valence-electron chi connectivity index (χ0n) is 17.5. The Balaban J connectivity index is 1.82. The Morgan fingerprint density at radius 2 is 1.81 bits per heavy atom. The van der Waals surface area contributed by atoms with E-state index in [-0.39, 0.29) is 23.5 Å². The van der Waals surface area contributed by atoms with Gasteiger partial charge < -0.3 is 10.2 Å². The highest BCUT2D eigenvalue weighted by Crippen LogP contribution is 2.42. The minimum atomic E-state index is -4.57. The van der Waals surface area contributed by atoms with Crippen molar-refractivity contribution < 1.29 is 18.0 Å². The molecule has 0 aliphatic carbocycles. The summed E-state index contributed by atoms with van der Waals surface area (Å²) in [6.07, 6.45) is -3.06. The third-order valence-electron chi connectivity index (χ3n) is 4.93. The molecule has 32 heavy (non-hydrogen) atoms. The van der Waals surface area contributed by atoms with E-state index in [0.29, 0.717) is 22.8 Å². The van der Waals surface area contributed by atoms with Gasteiger partial charge in [0, 0.05) is 19.7 Å². The number of carbonyl (C=O) groups is 1. The number of hydrogen-bond acceptors (Lipinski definition) is 6. The van der Waals surface area contributed by atoms with Crippen molar-refractivity contribution in [1.82, 2.24) is 15.2 Å². The third-order valence-corrected chi connectivity index (χ3v) is 4.93. The predicted octanol–water partition coefficient (Wildman–Crippen LogP) is 4.39. The Hall–Kier alpha value is -3.82. The van der Waals surface area contributed by atoms with Crippen LogP contribution in [-0.4, -0.2) is 40.9 Å². The second-order valence-corrected chi connectivity index (χ2v) is 7.53. The molecular weight excluding hydrogens is 421 g/mol. The smallest absolute Gasteiger partial charge is 0.377 e. The van der Waals surface area contributed by atoms with Crippen LogP contribution in [0.15, 0.2) is 47.6 Å². The van der Waals surface area contributed by atoms with Gasteiger partial charge in [-0.1, -0.05) is 18.2 Å². The van der Waals surface area contributed by atoms with Crippen LogP contribution >= 0.6 is 0 Å². The number of alkyl halides is 3. The van der Waals surface area contributed by atoms with Gasteiger partial charge in [0.05, 0.1) is 41.0 Å². The molecule has 7 nitrogen and oxygen atoms in total. The fourth-order valence-corrected chi connectivity index (χ4v) is 3.39. The summed E-state index contributed by atoms with van der Waals surface area (Å²) in [5.41, 5.74) is 1.77. The number of fused-ring (bicyclic) bond motifs is 1. The number of aromatic nitrogens is 3. The van der Waals surface area contributed by atoms with Crippen LogP contribution in [0.3, 0.4) is 0 Å². The van der Waals surface area contributed by atoms with Crippen molar-refractivity contribution in [3.05, 3.63) is 59.5 Å². The molecule has 0 bridgehead atoms. The third kappa shape index (κ3) is 4.29. The Labute approximate surface area is 182 Å². The first kappa shape index (κ1) is 21.4. The maximum absolute atomic E-state index is 13.6. The van der Waals surface area contributed by atoms with Crippen molar-refractivity contribution in [2.24, 2.45) is 4.99 Å². The van der Waals surface area contributed by atoms with E-state index in [1.807, 2.05) is 6.07 Å². The highest BCUT2D eigenvalue weighted by Gasteiger charge is 2.36. The van der Waals surface area contributed by atoms with Crippen LogP contribution in [0.25, 0.3) is 11.3 Å². The monoisotopic (exact) mass is 440 g/mol. The summed E-state index contributed by atoms with van der Waals surface area (Å²) in [6.45, 7) is 1.73. The van der Waals surface area contributed by atoms with E-state index in [4.69, 9.17) is 0 Å². The summed E-state index contributed by atoms with van der Waals surface area (Å²) in [6, 6.07) is 9.47. The molecule has 0 radical (unpaired) electrons. The molecule has 1 N–H and O–H groups in total. The standard InChI is InChI=1S/C22H19F3N6O/c1-12-26-11-19(30-29-12)14-6-4-5-13(7-14)16-10-21(32)28-17-8-15(22(23,24)25)20(31(2)3)9-18(17)27-16/h4-9,11H,10H2,1-3H3,(H,28,32). The summed E-state index contributed by atoms with van der Waals surface area (Å²) in [7, 11) is 3.05. The van der Waals surface area contributed by atoms with Crippen LogP contribution in [0, 0.1) is 6.92 Å². The fourth-order valence-electron chi connectivity index (χ4n) is 3.39. The molecule has 0 saturated heterocycles. The van der Waals surface area contributed by atoms with Crippen LogP contribution in [0.1, 0.15) is 23.4 Å². The number of anilines is 2. The zero-order chi connectivity index (χ0) is 23.0. The van der Waals surface area contributed by atoms with Crippen LogP contribution < -0.4 is 10.2 Å². The van der Waals surface area contributed by atoms with Gasteiger partial charge in [-0.3, -0.25) is 9.79 Å². The lowest BCUT2D eigenvalue weighted by molar-refractivity contribution is -0.137. The van der Waals surface area contributed by atoms with Gasteiger partial charge in [0.2, 0.25) is 5.91 Å². The molecule has 0 saturated carbocycles. The highest BCUT2D eigenvalue weighted by molar-refractivity contribution is 6.17. The van der Waals surface area contributed by atoms with Gasteiger partial charge in [-0.05, 0) is 30.7 Å². The lowest BCUT2D eigenvalue weighted by Gasteiger charge is -2.21. The number of carbonyl (C=O) groups excluding carboxylic acids is 1. The van der Waals surface area contributed by atoms with Gasteiger partial charge in [0.1, 0.15) is 11.5 Å². The molecule has 4 rings (SSSR count). The van der Waals surface area contributed by atoms with Crippen molar-refractivity contribution in [2.45, 2.75) is 19.5 Å². The zero-order valence-corrected chi connectivity index (χ0v) is 17.5. The van der Waals surface area contributed by atoms with E-state index in [0.717, 1.165) is 11.6 Å². The maximum Gasteiger partial charge on any atom is 0.418 e. The van der Waals surface area contributed by atoms with Gasteiger partial charge in [-0.15, -0.1) is 10.2 Å². The Morgan fingerprint density at radius 3 is 2.47 bits per heavy atom. The van der Waals surface area contributed by atoms with Crippen molar-refractivity contribution in [1.29, 1.82) is 0 Å². The Bertz CT molecular complexity index is 1220. The number of benzene rings is 2. The van der Waals surface area contributed by atoms with Crippen LogP contribution in [0.5, 0.6) is 0 Å². The summed E-state index contributed by atoms with van der Waals surface area (Å²) < 4.78 is 40.7. The number of rotatable bonds is 3. The van der Waals surface area contributed by atoms with Crippen LogP contribution in [0.2, 0.25) is 0 Å². The van der Waals surface area contributed by atoms with E-state index in [2.05, 4.69) is 25.5 Å². The quantitative estimate of drug-likeness (QED) is 0.653. The van der Waals surface area contributed by atoms with Crippen LogP contribution in [0.4, 0.5) is 30.2 Å². The molecule has 1 amide bonds. The maximum atomic E-state index is 13.6. The summed E-state index contributed by atoms with van der Waals surface area (Å²) in [4.78, 5) is 22.6. The predicted molar refractivity (Wildman–Crippen MR) is 115 cm³/mol. The van der Waals surface area contributed by atoms with Crippen molar-refractivity contribution in [3.63, 3.8) is 0 Å². The number of halogens is 3. The average molecular weight is 440 g/mol. The molecule has 164 valence electrons. The van der Waals surface area contributed by atoms with Gasteiger partial charge in [-0.2, -0.15) is 13.2 Å². The molecule has 0 atom stereocenters. The van der Waals surface area contributed by atoms with Crippen molar-refractivity contribution >= 4 is 28.7 Å². The van der Waals surface area contributed by atoms with Gasteiger partial charge in [-0.25, -0.2) is 4.98 Å². The first-order valence-corrected chi connectivity index (χ1v) is 9.69. The van der Waals surface area contributed by atoms with E-state index >= 15 is 0 Å². The molecule has 0 spiro atoms. The van der Waals surface area contributed by atoms with E-state index in [1.54, 1.807) is 31.3 Å². The molecule has 3 aromatic rings. The molecule has 2 aromatic carbocycles. The largest absolute Gasteiger partial charge is 0.418 e. The Morgan fingerprint density at radius 1 is 1.06 bits per heavy atom. The van der Waals surface area contributed by atoms with Crippen LogP contribution in [-0.2, 0) is 11.0 Å². The number of aliphatic imine (C=N–C) groups is 1. The summed E-state index contributed by atoms with van der Waals surface area (Å²) >= 11 is 0. The molecule has 0 fully saturated rings. The first-order valence-electron chi connectivity index (χ1n) is 9.69. The molecule has 10 heteroatoms. The van der Waals surface area contributed by atoms with Crippen molar-refractivity contribution in [3.8, 4) is 11.3 Å². The average Bonchev–Trinajstić information content (AvgIpc) is 2.90. The molecule has 1 aliphatic rings. The molecule has 2 heterocycles. The molecule has 1 aromatic heterocycles. The molecule has 1 aliphatic heterocycles. The number of nitrogens with one attached hydrogen (secondary N) is 1. The fraction of sp³-hybridized carbons (Fsp3) is 0.227. The number of hydrogen-bond donors (Lipinski definition) is 1. The van der Waals surface area contributed by atoms with E-state index in [9.17, 15) is 18.0 Å². The lowest BCUT2D eigenvalue weighted by Crippen LogP contribution is -2.18. The number of nitrogens with zero attached hydrogens (tertiary/aromatic N) is 5. The number of aryl methyl sites for hydroxylation is 1. The van der Waals surface area contributed by atoms with Gasteiger partial charge in [0.25, 0.3) is 0 Å². The first-order chi connectivity index (χ1) is 15.1. The topological polar surface area (TPSA) is 83.4 Å². The number of amides is 1. The Kier molecular flexibility index (Phi) is 5.37. The minimum Gasteiger partial charge on any atom is -0.377 e. The molecular formula is C22H19F3N6O. The minimum absolute atomic E-state index is 0.0210. The van der Waals surface area contributed by atoms with Crippen molar-refractivity contribution in [2.75, 3.05) is 24.3 Å². The highest BCUT2D eigenvalue weighted by atomic mass is 19.4. The molecule has 0 unspecified atom stereocenters. The van der Waals surface area contributed by atoms with E-state index < -0.39 is 17.6 Å². The second-order valence-electron chi connectivity index (χ2n) is 7.53. The normalized spacial score (nSPS) is 13.7. The SMILES string of the molecule is Cc1ncc(-c2cccc(C3=Nc4cc(N(C)C)c(C(F)(F)F)cc4NC(=O)C3)c2)nn1. The van der Waals surface area contributed by atoms with Gasteiger partial charge in [0.15, 0.2) is 0 Å². The van der Waals surface area contributed by atoms with E-state index in [1.165, 1.54) is 25.1 Å². The lowest BCUT2D eigenvalue weighted by atomic mass is 10.0. The second kappa shape index (κ2) is 8.03. The van der Waals surface area contributed by atoms with Gasteiger partial charge >= 0.3 is 6.18 Å². The summed E-state index contributed by atoms with van der Waals surface area (Å²) in [5.74, 6) is 0.0941.